The SMILES string of the molecule is CC(C)C1=C2[C@H]3CCC4[C@@]5(C)CC[C@H](OC(=O)CC(C)(C)C(=O)O)C(C)(C)C5CC[C@@]4(C)[C@]3(C)CC[C@@]2(Nc2nnc(-c3ncc(Cl)cn3)o2)CC1=O. The number of carboxylic acid groups (broad SMARTS) is 1. The molecule has 4 fully saturated rings. The highest BCUT2D eigenvalue weighted by atomic mass is 35.5. The number of carboxylic acids is 1. The van der Waals surface area contributed by atoms with E-state index in [-0.39, 0.29) is 69.5 Å². The second kappa shape index (κ2) is 12.6. The Labute approximate surface area is 317 Å². The fraction of sp³-hybridized carbons (Fsp3) is 0.732. The van der Waals surface area contributed by atoms with Crippen molar-refractivity contribution >= 4 is 35.3 Å². The van der Waals surface area contributed by atoms with Gasteiger partial charge >= 0.3 is 18.0 Å². The lowest BCUT2D eigenvalue weighted by molar-refractivity contribution is -0.231. The van der Waals surface area contributed by atoms with Crippen LogP contribution >= 0.6 is 11.6 Å². The van der Waals surface area contributed by atoms with Gasteiger partial charge in [-0.05, 0) is 116 Å². The molecule has 2 unspecified atom stereocenters. The molecule has 5 aliphatic rings. The lowest BCUT2D eigenvalue weighted by atomic mass is 9.33. The van der Waals surface area contributed by atoms with Crippen LogP contribution in [0.3, 0.4) is 0 Å². The van der Waals surface area contributed by atoms with Gasteiger partial charge in [-0.3, -0.25) is 14.4 Å². The number of anilines is 1. The molecule has 288 valence electrons. The Hall–Kier alpha value is -3.34. The number of nitrogens with zero attached hydrogens (tertiary/aromatic N) is 4. The van der Waals surface area contributed by atoms with Crippen LogP contribution in [-0.2, 0) is 19.1 Å². The van der Waals surface area contributed by atoms with Gasteiger partial charge in [0.15, 0.2) is 5.78 Å². The quantitative estimate of drug-likeness (QED) is 0.249. The van der Waals surface area contributed by atoms with Crippen LogP contribution in [0, 0.1) is 50.7 Å². The van der Waals surface area contributed by atoms with Crippen molar-refractivity contribution in [3.63, 3.8) is 0 Å². The van der Waals surface area contributed by atoms with Crippen molar-refractivity contribution in [1.29, 1.82) is 0 Å². The first-order valence-corrected chi connectivity index (χ1v) is 19.9. The molecule has 0 aromatic carbocycles. The third-order valence-corrected chi connectivity index (χ3v) is 15.6. The number of carbonyl (C=O) groups is 3. The molecule has 0 spiro atoms. The molecule has 0 radical (unpaired) electrons. The molecule has 4 saturated carbocycles. The van der Waals surface area contributed by atoms with Gasteiger partial charge in [0.05, 0.1) is 22.4 Å². The number of hydrogen-bond donors (Lipinski definition) is 2. The van der Waals surface area contributed by atoms with Gasteiger partial charge in [-0.15, -0.1) is 5.10 Å². The molecule has 7 rings (SSSR count). The monoisotopic (exact) mass is 749 g/mol. The summed E-state index contributed by atoms with van der Waals surface area (Å²) in [6.45, 7) is 19.5. The molecule has 2 heterocycles. The highest BCUT2D eigenvalue weighted by Crippen LogP contribution is 2.76. The van der Waals surface area contributed by atoms with Crippen molar-refractivity contribution in [2.24, 2.45) is 50.7 Å². The van der Waals surface area contributed by atoms with Crippen LogP contribution in [0.4, 0.5) is 6.01 Å². The van der Waals surface area contributed by atoms with Crippen LogP contribution in [0.5, 0.6) is 0 Å². The molecular formula is C41H56ClN5O6. The van der Waals surface area contributed by atoms with Crippen molar-refractivity contribution in [2.45, 2.75) is 138 Å². The third kappa shape index (κ3) is 5.76. The number of ether oxygens (including phenoxy) is 1. The topological polar surface area (TPSA) is 157 Å². The maximum atomic E-state index is 14.0. The molecule has 0 amide bonds. The van der Waals surface area contributed by atoms with Crippen molar-refractivity contribution in [3.8, 4) is 11.7 Å². The third-order valence-electron chi connectivity index (χ3n) is 15.4. The van der Waals surface area contributed by atoms with E-state index in [1.54, 1.807) is 13.8 Å². The summed E-state index contributed by atoms with van der Waals surface area (Å²) in [7, 11) is 0. The van der Waals surface area contributed by atoms with Crippen LogP contribution in [0.1, 0.15) is 127 Å². The van der Waals surface area contributed by atoms with Gasteiger partial charge in [0.25, 0.3) is 5.89 Å². The molecule has 2 aromatic heterocycles. The Bertz CT molecular complexity index is 1850. The molecule has 0 aliphatic heterocycles. The summed E-state index contributed by atoms with van der Waals surface area (Å²) in [5, 5.41) is 22.2. The zero-order valence-electron chi connectivity index (χ0n) is 32.8. The summed E-state index contributed by atoms with van der Waals surface area (Å²) < 4.78 is 12.2. The normalized spacial score (nSPS) is 36.3. The van der Waals surface area contributed by atoms with E-state index >= 15 is 0 Å². The van der Waals surface area contributed by atoms with E-state index in [1.165, 1.54) is 18.0 Å². The average molecular weight is 750 g/mol. The Morgan fingerprint density at radius 1 is 0.981 bits per heavy atom. The second-order valence-corrected chi connectivity index (χ2v) is 19.7. The van der Waals surface area contributed by atoms with Crippen LogP contribution in [0.15, 0.2) is 28.0 Å². The van der Waals surface area contributed by atoms with Gasteiger partial charge in [-0.25, -0.2) is 9.97 Å². The van der Waals surface area contributed by atoms with Gasteiger partial charge < -0.3 is 19.6 Å². The first-order valence-electron chi connectivity index (χ1n) is 19.5. The van der Waals surface area contributed by atoms with Gasteiger partial charge in [0.2, 0.25) is 5.82 Å². The zero-order valence-corrected chi connectivity index (χ0v) is 33.5. The summed E-state index contributed by atoms with van der Waals surface area (Å²) in [5.41, 5.74) is 0.219. The van der Waals surface area contributed by atoms with E-state index in [2.05, 4.69) is 73.9 Å². The summed E-state index contributed by atoms with van der Waals surface area (Å²) in [4.78, 5) is 47.4. The van der Waals surface area contributed by atoms with E-state index in [0.717, 1.165) is 56.9 Å². The number of fused-ring (bicyclic) bond motifs is 7. The van der Waals surface area contributed by atoms with Crippen LogP contribution in [0.2, 0.25) is 5.02 Å². The maximum Gasteiger partial charge on any atom is 0.316 e. The minimum absolute atomic E-state index is 0.0305. The molecule has 0 saturated heterocycles. The van der Waals surface area contributed by atoms with E-state index in [4.69, 9.17) is 20.8 Å². The largest absolute Gasteiger partial charge is 0.481 e. The fourth-order valence-corrected chi connectivity index (χ4v) is 12.7. The van der Waals surface area contributed by atoms with Gasteiger partial charge in [0.1, 0.15) is 6.10 Å². The smallest absolute Gasteiger partial charge is 0.316 e. The van der Waals surface area contributed by atoms with E-state index in [0.29, 0.717) is 23.3 Å². The summed E-state index contributed by atoms with van der Waals surface area (Å²) >= 11 is 5.99. The lowest BCUT2D eigenvalue weighted by Crippen LogP contribution is -2.66. The Balaban J connectivity index is 1.17. The lowest BCUT2D eigenvalue weighted by Gasteiger charge is -2.72. The number of esters is 1. The molecule has 53 heavy (non-hydrogen) atoms. The standard InChI is InChI=1S/C41H56ClN5O6/c1-22(2)30-25(48)18-41(45-35-47-46-33(53-35)32-43-20-23(42)21-44-32)17-16-39(8)24(31(30)41)10-11-27-38(7)14-13-28(52-29(49)19-36(3,4)34(50)51)37(5,6)26(38)12-15-40(27,39)9/h20-22,24,26-28H,10-19H2,1-9H3,(H,45,47)(H,50,51)/t24-,26?,27?,28+,38+,39-,40-,41-/m1/s1. The Morgan fingerprint density at radius 3 is 2.34 bits per heavy atom. The minimum atomic E-state index is -1.17. The predicted molar refractivity (Wildman–Crippen MR) is 200 cm³/mol. The highest BCUT2D eigenvalue weighted by molar-refractivity contribution is 6.30. The minimum Gasteiger partial charge on any atom is -0.481 e. The van der Waals surface area contributed by atoms with Crippen LogP contribution in [0.25, 0.3) is 11.7 Å². The first-order chi connectivity index (χ1) is 24.7. The van der Waals surface area contributed by atoms with Crippen molar-refractivity contribution in [3.05, 3.63) is 28.6 Å². The zero-order chi connectivity index (χ0) is 38.5. The number of aliphatic carboxylic acids is 1. The summed E-state index contributed by atoms with van der Waals surface area (Å²) in [6, 6.07) is 0.261. The van der Waals surface area contributed by atoms with E-state index in [1.807, 2.05) is 0 Å². The van der Waals surface area contributed by atoms with Gasteiger partial charge in [-0.1, -0.05) is 65.2 Å². The Morgan fingerprint density at radius 2 is 1.68 bits per heavy atom. The van der Waals surface area contributed by atoms with Crippen molar-refractivity contribution in [1.82, 2.24) is 20.2 Å². The van der Waals surface area contributed by atoms with E-state index < -0.39 is 22.9 Å². The maximum absolute atomic E-state index is 14.0. The Kier molecular flexibility index (Phi) is 9.02. The molecule has 5 aliphatic carbocycles. The second-order valence-electron chi connectivity index (χ2n) is 19.2. The van der Waals surface area contributed by atoms with Crippen LogP contribution in [-0.4, -0.2) is 54.6 Å². The number of allylic oxidation sites excluding steroid dienone is 1. The summed E-state index contributed by atoms with van der Waals surface area (Å²) in [6.07, 6.45) is 10.6. The fourth-order valence-electron chi connectivity index (χ4n) is 12.6. The number of ketones is 1. The van der Waals surface area contributed by atoms with Gasteiger partial charge in [-0.2, -0.15) is 0 Å². The van der Waals surface area contributed by atoms with E-state index in [9.17, 15) is 19.5 Å². The molecule has 2 aromatic rings. The number of rotatable bonds is 8. The number of hydrogen-bond acceptors (Lipinski definition) is 10. The number of aromatic nitrogens is 4. The summed E-state index contributed by atoms with van der Waals surface area (Å²) in [5.74, 6) is 0.387. The van der Waals surface area contributed by atoms with Gasteiger partial charge in [0, 0.05) is 24.2 Å². The molecule has 12 heteroatoms. The number of nitrogens with one attached hydrogen (secondary N) is 1. The first kappa shape index (κ1) is 38.0. The average Bonchev–Trinajstić information content (AvgIpc) is 3.64. The molecule has 8 atom stereocenters. The van der Waals surface area contributed by atoms with Crippen molar-refractivity contribution < 1.29 is 28.6 Å². The van der Waals surface area contributed by atoms with Crippen LogP contribution < -0.4 is 5.32 Å². The predicted octanol–water partition coefficient (Wildman–Crippen LogP) is 8.74. The molecular weight excluding hydrogens is 694 g/mol. The highest BCUT2D eigenvalue weighted by Gasteiger charge is 2.70. The molecule has 11 nitrogen and oxygen atoms in total. The number of carbonyl (C=O) groups excluding carboxylic acids is 2. The van der Waals surface area contributed by atoms with Crippen molar-refractivity contribution in [2.75, 3.05) is 5.32 Å². The molecule has 2 N–H and O–H groups in total. The number of Topliss-reactive ketones (excluding diaryl/α,β-unsaturated/α-hetero) is 1. The molecule has 0 bridgehead atoms. The number of halogens is 1.